The molecule has 0 aliphatic heterocycles. The fourth-order valence-corrected chi connectivity index (χ4v) is 0.758. The average Bonchev–Trinajstić information content (AvgIpc) is 2.34. The fraction of sp³-hybridized carbons (Fsp3) is 0.429. The second-order valence-corrected chi connectivity index (χ2v) is 2.57. The highest BCUT2D eigenvalue weighted by Crippen LogP contribution is 1.96. The number of aromatic nitrogens is 2. The van der Waals surface area contributed by atoms with E-state index >= 15 is 0 Å². The summed E-state index contributed by atoms with van der Waals surface area (Å²) in [5.74, 6) is -0.0643. The Bertz CT molecular complexity index is 264. The van der Waals surface area contributed by atoms with Gasteiger partial charge in [0.05, 0.1) is 0 Å². The minimum absolute atomic E-state index is 0.0643. The number of rotatable bonds is 1. The van der Waals surface area contributed by atoms with Crippen molar-refractivity contribution in [2.45, 2.75) is 0 Å². The molecular formula is C7H11N3O. The van der Waals surface area contributed by atoms with Crippen LogP contribution in [0.25, 0.3) is 0 Å². The SMILES string of the molecule is CN(C)C(=O)c1ccn(C)n1. The Kier molecular flexibility index (Phi) is 1.94. The molecule has 0 bridgehead atoms. The zero-order chi connectivity index (χ0) is 8.43. The van der Waals surface area contributed by atoms with E-state index in [0.29, 0.717) is 5.69 Å². The zero-order valence-corrected chi connectivity index (χ0v) is 6.90. The van der Waals surface area contributed by atoms with Crippen molar-refractivity contribution in [3.63, 3.8) is 0 Å². The standard InChI is InChI=1S/C7H11N3O/c1-9(2)7(11)6-4-5-10(3)8-6/h4-5H,1-3H3. The van der Waals surface area contributed by atoms with E-state index in [0.717, 1.165) is 0 Å². The van der Waals surface area contributed by atoms with Gasteiger partial charge in [0.1, 0.15) is 5.69 Å². The van der Waals surface area contributed by atoms with Gasteiger partial charge in [-0.3, -0.25) is 9.48 Å². The van der Waals surface area contributed by atoms with Crippen LogP contribution < -0.4 is 0 Å². The van der Waals surface area contributed by atoms with Crippen LogP contribution in [0.5, 0.6) is 0 Å². The van der Waals surface area contributed by atoms with Gasteiger partial charge in [-0.1, -0.05) is 0 Å². The number of carbonyl (C=O) groups excluding carboxylic acids is 1. The Morgan fingerprint density at radius 2 is 2.27 bits per heavy atom. The molecule has 0 atom stereocenters. The lowest BCUT2D eigenvalue weighted by molar-refractivity contribution is 0.0821. The van der Waals surface area contributed by atoms with Crippen molar-refractivity contribution >= 4 is 5.91 Å². The molecule has 0 radical (unpaired) electrons. The molecule has 1 aromatic heterocycles. The summed E-state index contributed by atoms with van der Waals surface area (Å²) >= 11 is 0. The number of carbonyl (C=O) groups is 1. The molecule has 4 heteroatoms. The van der Waals surface area contributed by atoms with Gasteiger partial charge < -0.3 is 4.90 Å². The fourth-order valence-electron chi connectivity index (χ4n) is 0.758. The van der Waals surface area contributed by atoms with Gasteiger partial charge in [0.2, 0.25) is 0 Å². The molecule has 0 fully saturated rings. The minimum atomic E-state index is -0.0643. The van der Waals surface area contributed by atoms with Crippen LogP contribution in [-0.4, -0.2) is 34.7 Å². The van der Waals surface area contributed by atoms with E-state index in [1.165, 1.54) is 4.90 Å². The molecule has 4 nitrogen and oxygen atoms in total. The monoisotopic (exact) mass is 153 g/mol. The first-order valence-electron chi connectivity index (χ1n) is 3.32. The number of hydrogen-bond donors (Lipinski definition) is 0. The lowest BCUT2D eigenvalue weighted by atomic mass is 10.4. The number of hydrogen-bond acceptors (Lipinski definition) is 2. The third-order valence-electron chi connectivity index (χ3n) is 1.34. The largest absolute Gasteiger partial charge is 0.343 e. The van der Waals surface area contributed by atoms with E-state index in [1.807, 2.05) is 0 Å². The van der Waals surface area contributed by atoms with Crippen LogP contribution in [0.1, 0.15) is 10.5 Å². The van der Waals surface area contributed by atoms with Crippen molar-refractivity contribution in [1.29, 1.82) is 0 Å². The first-order valence-corrected chi connectivity index (χ1v) is 3.32. The van der Waals surface area contributed by atoms with E-state index in [-0.39, 0.29) is 5.91 Å². The number of nitrogens with zero attached hydrogens (tertiary/aromatic N) is 3. The maximum Gasteiger partial charge on any atom is 0.273 e. The van der Waals surface area contributed by atoms with Crippen LogP contribution in [0.2, 0.25) is 0 Å². The predicted molar refractivity (Wildman–Crippen MR) is 41.2 cm³/mol. The van der Waals surface area contributed by atoms with Crippen LogP contribution in [0, 0.1) is 0 Å². The molecule has 0 aliphatic carbocycles. The van der Waals surface area contributed by atoms with Gasteiger partial charge in [0, 0.05) is 27.3 Å². The van der Waals surface area contributed by atoms with Crippen molar-refractivity contribution in [2.24, 2.45) is 7.05 Å². The van der Waals surface area contributed by atoms with Gasteiger partial charge >= 0.3 is 0 Å². The molecule has 11 heavy (non-hydrogen) atoms. The molecule has 0 unspecified atom stereocenters. The summed E-state index contributed by atoms with van der Waals surface area (Å²) in [6, 6.07) is 1.70. The summed E-state index contributed by atoms with van der Waals surface area (Å²) in [4.78, 5) is 12.7. The number of amides is 1. The first-order chi connectivity index (χ1) is 5.11. The van der Waals surface area contributed by atoms with E-state index < -0.39 is 0 Å². The summed E-state index contributed by atoms with van der Waals surface area (Å²) in [7, 11) is 5.19. The minimum Gasteiger partial charge on any atom is -0.343 e. The predicted octanol–water partition coefficient (Wildman–Crippen LogP) is 0.122. The lowest BCUT2D eigenvalue weighted by Crippen LogP contribution is -2.22. The highest BCUT2D eigenvalue weighted by Gasteiger charge is 2.09. The molecule has 0 aromatic carbocycles. The van der Waals surface area contributed by atoms with Gasteiger partial charge in [-0.15, -0.1) is 0 Å². The maximum atomic E-state index is 11.2. The van der Waals surface area contributed by atoms with Crippen LogP contribution >= 0.6 is 0 Å². The lowest BCUT2D eigenvalue weighted by Gasteiger charge is -2.06. The Hall–Kier alpha value is -1.32. The molecule has 1 heterocycles. The topological polar surface area (TPSA) is 38.1 Å². The van der Waals surface area contributed by atoms with Gasteiger partial charge in [0.15, 0.2) is 0 Å². The van der Waals surface area contributed by atoms with Gasteiger partial charge in [0.25, 0.3) is 5.91 Å². The molecule has 1 rings (SSSR count). The van der Waals surface area contributed by atoms with Crippen molar-refractivity contribution in [2.75, 3.05) is 14.1 Å². The van der Waals surface area contributed by atoms with Crippen LogP contribution in [-0.2, 0) is 7.05 Å². The van der Waals surface area contributed by atoms with Crippen LogP contribution in [0.4, 0.5) is 0 Å². The highest BCUT2D eigenvalue weighted by molar-refractivity contribution is 5.91. The van der Waals surface area contributed by atoms with Crippen molar-refractivity contribution in [3.8, 4) is 0 Å². The molecule has 1 amide bonds. The van der Waals surface area contributed by atoms with E-state index in [4.69, 9.17) is 0 Å². The molecule has 0 aliphatic rings. The molecule has 0 saturated heterocycles. The van der Waals surface area contributed by atoms with Crippen LogP contribution in [0.3, 0.4) is 0 Å². The Morgan fingerprint density at radius 3 is 2.64 bits per heavy atom. The molecule has 1 aromatic rings. The number of aryl methyl sites for hydroxylation is 1. The van der Waals surface area contributed by atoms with E-state index in [1.54, 1.807) is 38.1 Å². The zero-order valence-electron chi connectivity index (χ0n) is 6.90. The maximum absolute atomic E-state index is 11.2. The average molecular weight is 153 g/mol. The highest BCUT2D eigenvalue weighted by atomic mass is 16.2. The summed E-state index contributed by atoms with van der Waals surface area (Å²) in [5.41, 5.74) is 0.484. The summed E-state index contributed by atoms with van der Waals surface area (Å²) in [6.07, 6.45) is 1.75. The second kappa shape index (κ2) is 2.74. The molecule has 0 N–H and O–H groups in total. The van der Waals surface area contributed by atoms with E-state index in [2.05, 4.69) is 5.10 Å². The van der Waals surface area contributed by atoms with Gasteiger partial charge in [-0.05, 0) is 6.07 Å². The molecule has 60 valence electrons. The summed E-state index contributed by atoms with van der Waals surface area (Å²) in [5, 5.41) is 3.96. The van der Waals surface area contributed by atoms with Crippen molar-refractivity contribution in [3.05, 3.63) is 18.0 Å². The first kappa shape index (κ1) is 7.78. The summed E-state index contributed by atoms with van der Waals surface area (Å²) in [6.45, 7) is 0. The Labute approximate surface area is 65.4 Å². The second-order valence-electron chi connectivity index (χ2n) is 2.57. The smallest absolute Gasteiger partial charge is 0.273 e. The third kappa shape index (κ3) is 1.58. The third-order valence-corrected chi connectivity index (χ3v) is 1.34. The van der Waals surface area contributed by atoms with E-state index in [9.17, 15) is 4.79 Å². The van der Waals surface area contributed by atoms with Gasteiger partial charge in [-0.25, -0.2) is 0 Å². The quantitative estimate of drug-likeness (QED) is 0.574. The van der Waals surface area contributed by atoms with Crippen LogP contribution in [0.15, 0.2) is 12.3 Å². The van der Waals surface area contributed by atoms with Gasteiger partial charge in [-0.2, -0.15) is 5.10 Å². The van der Waals surface area contributed by atoms with Crippen molar-refractivity contribution < 1.29 is 4.79 Å². The molecule has 0 spiro atoms. The normalized spacial score (nSPS) is 9.73. The molecular weight excluding hydrogens is 142 g/mol. The molecule has 0 saturated carbocycles. The summed E-state index contributed by atoms with van der Waals surface area (Å²) < 4.78 is 1.61. The Balaban J connectivity index is 2.85. The Morgan fingerprint density at radius 1 is 1.64 bits per heavy atom. The van der Waals surface area contributed by atoms with Crippen molar-refractivity contribution in [1.82, 2.24) is 14.7 Å².